The molecule has 130 valence electrons. The maximum Gasteiger partial charge on any atom is 0.0121 e. The Morgan fingerprint density at radius 1 is 0.913 bits per heavy atom. The van der Waals surface area contributed by atoms with E-state index in [9.17, 15) is 0 Å². The van der Waals surface area contributed by atoms with Gasteiger partial charge in [0.15, 0.2) is 0 Å². The topological polar surface area (TPSA) is 0 Å². The molecule has 0 saturated heterocycles. The first-order valence-electron chi connectivity index (χ1n) is 10.4. The molecule has 0 bridgehead atoms. The van der Waals surface area contributed by atoms with E-state index in [1.165, 1.54) is 77.0 Å². The molecule has 2 saturated carbocycles. The lowest BCUT2D eigenvalue weighted by atomic mass is 9.68. The summed E-state index contributed by atoms with van der Waals surface area (Å²) in [5.74, 6) is 6.73. The van der Waals surface area contributed by atoms with Gasteiger partial charge in [0, 0.05) is 6.42 Å². The molecule has 0 heterocycles. The minimum atomic E-state index is 0.842. The summed E-state index contributed by atoms with van der Waals surface area (Å²) in [5.41, 5.74) is 0. The normalized spacial score (nSPS) is 32.0. The van der Waals surface area contributed by atoms with E-state index in [0.29, 0.717) is 0 Å². The summed E-state index contributed by atoms with van der Waals surface area (Å²) in [6.07, 6.45) is 29.8. The molecule has 0 radical (unpaired) electrons. The maximum atomic E-state index is 5.31. The second kappa shape index (κ2) is 11.0. The van der Waals surface area contributed by atoms with Gasteiger partial charge in [-0.2, -0.15) is 0 Å². The fourth-order valence-electron chi connectivity index (χ4n) is 4.90. The van der Waals surface area contributed by atoms with Crippen LogP contribution < -0.4 is 0 Å². The SMILES string of the molecule is C#CCCC=CC1CCC(C2CCC(CCCCC)CC2)CC1. The largest absolute Gasteiger partial charge is 0.120 e. The van der Waals surface area contributed by atoms with Crippen LogP contribution in [0.3, 0.4) is 0 Å². The third kappa shape index (κ3) is 6.74. The minimum absolute atomic E-state index is 0.842. The molecule has 0 amide bonds. The highest BCUT2D eigenvalue weighted by atomic mass is 14.4. The third-order valence-corrected chi connectivity index (χ3v) is 6.45. The Labute approximate surface area is 145 Å². The minimum Gasteiger partial charge on any atom is -0.120 e. The lowest BCUT2D eigenvalue weighted by molar-refractivity contribution is 0.151. The van der Waals surface area contributed by atoms with Crippen molar-refractivity contribution in [2.75, 3.05) is 0 Å². The molecule has 0 unspecified atom stereocenters. The van der Waals surface area contributed by atoms with E-state index in [4.69, 9.17) is 6.42 Å². The second-order valence-corrected chi connectivity index (χ2v) is 8.12. The Balaban J connectivity index is 1.61. The zero-order chi connectivity index (χ0) is 16.3. The van der Waals surface area contributed by atoms with Crippen LogP contribution in [-0.2, 0) is 0 Å². The number of allylic oxidation sites excluding steroid dienone is 2. The molecule has 0 heteroatoms. The summed E-state index contributed by atoms with van der Waals surface area (Å²) in [5, 5.41) is 0. The molecule has 23 heavy (non-hydrogen) atoms. The van der Waals surface area contributed by atoms with E-state index in [0.717, 1.165) is 36.5 Å². The molecule has 0 aromatic carbocycles. The van der Waals surface area contributed by atoms with Crippen molar-refractivity contribution in [2.45, 2.75) is 96.8 Å². The van der Waals surface area contributed by atoms with Crippen molar-refractivity contribution in [2.24, 2.45) is 23.7 Å². The predicted molar refractivity (Wildman–Crippen MR) is 102 cm³/mol. The number of hydrogen-bond donors (Lipinski definition) is 0. The highest BCUT2D eigenvalue weighted by Gasteiger charge is 2.30. The Hall–Kier alpha value is -0.700. The molecule has 0 atom stereocenters. The summed E-state index contributed by atoms with van der Waals surface area (Å²) in [4.78, 5) is 0. The van der Waals surface area contributed by atoms with E-state index in [2.05, 4.69) is 25.0 Å². The van der Waals surface area contributed by atoms with Gasteiger partial charge in [0.05, 0.1) is 0 Å². The van der Waals surface area contributed by atoms with Gasteiger partial charge < -0.3 is 0 Å². The van der Waals surface area contributed by atoms with Crippen LogP contribution >= 0.6 is 0 Å². The number of rotatable bonds is 8. The second-order valence-electron chi connectivity index (χ2n) is 8.12. The molecule has 0 nitrogen and oxygen atoms in total. The fraction of sp³-hybridized carbons (Fsp3) is 0.826. The van der Waals surface area contributed by atoms with Gasteiger partial charge in [0.25, 0.3) is 0 Å². The van der Waals surface area contributed by atoms with Crippen molar-refractivity contribution in [1.29, 1.82) is 0 Å². The monoisotopic (exact) mass is 314 g/mol. The molecule has 0 spiro atoms. The van der Waals surface area contributed by atoms with Crippen molar-refractivity contribution < 1.29 is 0 Å². The van der Waals surface area contributed by atoms with E-state index < -0.39 is 0 Å². The summed E-state index contributed by atoms with van der Waals surface area (Å²) < 4.78 is 0. The summed E-state index contributed by atoms with van der Waals surface area (Å²) in [7, 11) is 0. The first-order chi connectivity index (χ1) is 11.3. The number of terminal acetylenes is 1. The lowest BCUT2D eigenvalue weighted by Gasteiger charge is -2.37. The molecule has 2 aliphatic rings. The van der Waals surface area contributed by atoms with E-state index in [-0.39, 0.29) is 0 Å². The van der Waals surface area contributed by atoms with Gasteiger partial charge in [0.1, 0.15) is 0 Å². The van der Waals surface area contributed by atoms with Crippen molar-refractivity contribution >= 4 is 0 Å². The van der Waals surface area contributed by atoms with Gasteiger partial charge in [-0.1, -0.05) is 57.6 Å². The van der Waals surface area contributed by atoms with Crippen molar-refractivity contribution in [1.82, 2.24) is 0 Å². The molecule has 0 N–H and O–H groups in total. The zero-order valence-electron chi connectivity index (χ0n) is 15.4. The van der Waals surface area contributed by atoms with Gasteiger partial charge in [-0.3, -0.25) is 0 Å². The average Bonchev–Trinajstić information content (AvgIpc) is 2.60. The Bertz CT molecular complexity index is 356. The van der Waals surface area contributed by atoms with Crippen LogP contribution in [-0.4, -0.2) is 0 Å². The predicted octanol–water partition coefficient (Wildman–Crippen LogP) is 7.15. The fourth-order valence-corrected chi connectivity index (χ4v) is 4.90. The van der Waals surface area contributed by atoms with Gasteiger partial charge in [-0.25, -0.2) is 0 Å². The van der Waals surface area contributed by atoms with Crippen LogP contribution in [0.5, 0.6) is 0 Å². The van der Waals surface area contributed by atoms with Gasteiger partial charge in [-0.15, -0.1) is 12.3 Å². The highest BCUT2D eigenvalue weighted by Crippen LogP contribution is 2.42. The van der Waals surface area contributed by atoms with Crippen molar-refractivity contribution in [3.05, 3.63) is 12.2 Å². The first kappa shape index (κ1) is 18.6. The molecule has 0 aromatic rings. The van der Waals surface area contributed by atoms with Crippen molar-refractivity contribution in [3.8, 4) is 12.3 Å². The average molecular weight is 315 g/mol. The maximum absolute atomic E-state index is 5.31. The molecular formula is C23H38. The van der Waals surface area contributed by atoms with E-state index in [1.807, 2.05) is 0 Å². The van der Waals surface area contributed by atoms with E-state index in [1.54, 1.807) is 0 Å². The smallest absolute Gasteiger partial charge is 0.0121 e. The Kier molecular flexibility index (Phi) is 8.88. The van der Waals surface area contributed by atoms with Crippen LogP contribution in [0.15, 0.2) is 12.2 Å². The van der Waals surface area contributed by atoms with Crippen LogP contribution in [0.4, 0.5) is 0 Å². The highest BCUT2D eigenvalue weighted by molar-refractivity contribution is 4.95. The third-order valence-electron chi connectivity index (χ3n) is 6.45. The summed E-state index contributed by atoms with van der Waals surface area (Å²) in [6.45, 7) is 2.32. The first-order valence-corrected chi connectivity index (χ1v) is 10.4. The van der Waals surface area contributed by atoms with Crippen molar-refractivity contribution in [3.63, 3.8) is 0 Å². The molecule has 2 fully saturated rings. The van der Waals surface area contributed by atoms with Crippen LogP contribution in [0.2, 0.25) is 0 Å². The van der Waals surface area contributed by atoms with Gasteiger partial charge >= 0.3 is 0 Å². The molecule has 0 aliphatic heterocycles. The van der Waals surface area contributed by atoms with E-state index >= 15 is 0 Å². The molecule has 2 rings (SSSR count). The summed E-state index contributed by atoms with van der Waals surface area (Å²) in [6, 6.07) is 0. The van der Waals surface area contributed by atoms with Gasteiger partial charge in [0.2, 0.25) is 0 Å². The summed E-state index contributed by atoms with van der Waals surface area (Å²) >= 11 is 0. The van der Waals surface area contributed by atoms with Crippen LogP contribution in [0.25, 0.3) is 0 Å². The zero-order valence-corrected chi connectivity index (χ0v) is 15.4. The quantitative estimate of drug-likeness (QED) is 0.253. The lowest BCUT2D eigenvalue weighted by Crippen LogP contribution is -2.25. The molecular weight excluding hydrogens is 276 g/mol. The Morgan fingerprint density at radius 3 is 2.17 bits per heavy atom. The molecule has 0 aromatic heterocycles. The standard InChI is InChI=1S/C23H38/c1-3-5-7-9-11-21-14-18-23(19-15-21)22-16-12-20(13-17-22)10-8-6-4-2/h1,9,11,20-23H,4-8,10,12-19H2,2H3. The van der Waals surface area contributed by atoms with Crippen LogP contribution in [0.1, 0.15) is 96.8 Å². The van der Waals surface area contributed by atoms with Crippen LogP contribution in [0, 0.1) is 36.0 Å². The number of unbranched alkanes of at least 4 members (excludes halogenated alkanes) is 3. The number of hydrogen-bond acceptors (Lipinski definition) is 0. The molecule has 2 aliphatic carbocycles. The Morgan fingerprint density at radius 2 is 1.57 bits per heavy atom. The van der Waals surface area contributed by atoms with Gasteiger partial charge in [-0.05, 0) is 68.6 Å².